The smallest absolute Gasteiger partial charge is 0.267 e. The number of nitrogens with zero attached hydrogens (tertiary/aromatic N) is 1. The van der Waals surface area contributed by atoms with Crippen LogP contribution in [-0.4, -0.2) is 41.0 Å². The Bertz CT molecular complexity index is 1380. The maximum absolute atomic E-state index is 13.7. The number of hydrogen-bond acceptors (Lipinski definition) is 5. The SMILES string of the molecule is CC(C)C1N(C(=O)CC=CCCCCCCC2(CCCCc3ccccc3)OCCO2)C(=S)OC1(c1ccccc1)c1ccccc1. The van der Waals surface area contributed by atoms with E-state index in [-0.39, 0.29) is 28.8 Å². The lowest BCUT2D eigenvalue weighted by Gasteiger charge is -2.38. The monoisotopic (exact) mass is 653 g/mol. The van der Waals surface area contributed by atoms with Gasteiger partial charge in [0.2, 0.25) is 5.91 Å². The molecule has 0 aromatic heterocycles. The van der Waals surface area contributed by atoms with Gasteiger partial charge in [0.1, 0.15) is 0 Å². The van der Waals surface area contributed by atoms with Crippen LogP contribution < -0.4 is 0 Å². The minimum atomic E-state index is -0.859. The lowest BCUT2D eigenvalue weighted by molar-refractivity contribution is -0.168. The number of carbonyl (C=O) groups excluding carboxylic acids is 1. The number of unbranched alkanes of at least 4 members (excludes halogenated alkanes) is 5. The first-order valence-electron chi connectivity index (χ1n) is 17.6. The summed E-state index contributed by atoms with van der Waals surface area (Å²) < 4.78 is 18.8. The van der Waals surface area contributed by atoms with Crippen LogP contribution in [0.2, 0.25) is 0 Å². The Morgan fingerprint density at radius 1 is 0.787 bits per heavy atom. The molecule has 5 nitrogen and oxygen atoms in total. The average molecular weight is 654 g/mol. The number of aryl methyl sites for hydroxylation is 1. The first kappa shape index (κ1) is 35.0. The van der Waals surface area contributed by atoms with Crippen LogP contribution >= 0.6 is 12.2 Å². The van der Waals surface area contributed by atoms with Gasteiger partial charge in [0.15, 0.2) is 11.4 Å². The maximum atomic E-state index is 13.7. The standard InChI is InChI=1S/C41H51NO4S/c1-33(2)38-41(35-24-13-9-14-25-35,36-26-15-10-16-27-36)46-39(47)42(38)37(43)28-17-6-4-3-5-7-19-29-40(44-31-32-45-40)30-20-18-23-34-21-11-8-12-22-34/h6,8-17,21-22,24-27,33,38H,3-5,7,18-20,23,28-32H2,1-2H3. The van der Waals surface area contributed by atoms with Crippen molar-refractivity contribution in [1.82, 2.24) is 4.90 Å². The van der Waals surface area contributed by atoms with Crippen LogP contribution in [-0.2, 0) is 31.0 Å². The van der Waals surface area contributed by atoms with E-state index in [4.69, 9.17) is 26.4 Å². The van der Waals surface area contributed by atoms with E-state index in [9.17, 15) is 4.79 Å². The highest BCUT2D eigenvalue weighted by molar-refractivity contribution is 7.80. The second kappa shape index (κ2) is 17.2. The highest BCUT2D eigenvalue weighted by atomic mass is 32.1. The molecule has 2 saturated heterocycles. The van der Waals surface area contributed by atoms with E-state index >= 15 is 0 Å². The number of ether oxygens (including phenoxy) is 3. The van der Waals surface area contributed by atoms with Gasteiger partial charge in [-0.25, -0.2) is 0 Å². The Balaban J connectivity index is 1.07. The summed E-state index contributed by atoms with van der Waals surface area (Å²) in [6.07, 6.45) is 15.2. The summed E-state index contributed by atoms with van der Waals surface area (Å²) in [5.74, 6) is -0.301. The topological polar surface area (TPSA) is 48.0 Å². The molecular weight excluding hydrogens is 603 g/mol. The highest BCUT2D eigenvalue weighted by Crippen LogP contribution is 2.47. The molecule has 0 N–H and O–H groups in total. The normalized spacial score (nSPS) is 18.7. The number of amides is 1. The van der Waals surface area contributed by atoms with Gasteiger partial charge in [-0.1, -0.05) is 130 Å². The number of hydrogen-bond donors (Lipinski definition) is 0. The van der Waals surface area contributed by atoms with Gasteiger partial charge >= 0.3 is 0 Å². The summed E-state index contributed by atoms with van der Waals surface area (Å²) in [6.45, 7) is 5.68. The molecule has 47 heavy (non-hydrogen) atoms. The predicted octanol–water partition coefficient (Wildman–Crippen LogP) is 9.54. The van der Waals surface area contributed by atoms with E-state index in [0.717, 1.165) is 75.3 Å². The van der Waals surface area contributed by atoms with Crippen molar-refractivity contribution in [2.45, 2.75) is 102 Å². The molecule has 6 heteroatoms. The van der Waals surface area contributed by atoms with Gasteiger partial charge in [-0.05, 0) is 62.2 Å². The van der Waals surface area contributed by atoms with Crippen LogP contribution in [0.1, 0.15) is 94.7 Å². The second-order valence-electron chi connectivity index (χ2n) is 13.2. The van der Waals surface area contributed by atoms with Crippen LogP contribution in [0, 0.1) is 5.92 Å². The predicted molar refractivity (Wildman–Crippen MR) is 193 cm³/mol. The van der Waals surface area contributed by atoms with Crippen LogP contribution in [0.15, 0.2) is 103 Å². The van der Waals surface area contributed by atoms with Gasteiger partial charge in [-0.15, -0.1) is 0 Å². The van der Waals surface area contributed by atoms with Crippen molar-refractivity contribution in [2.75, 3.05) is 13.2 Å². The van der Waals surface area contributed by atoms with Gasteiger partial charge in [-0.2, -0.15) is 0 Å². The molecule has 250 valence electrons. The lowest BCUT2D eigenvalue weighted by atomic mass is 9.75. The second-order valence-corrected chi connectivity index (χ2v) is 13.6. The molecule has 3 aromatic rings. The van der Waals surface area contributed by atoms with Crippen LogP contribution in [0.4, 0.5) is 0 Å². The minimum absolute atomic E-state index is 0.0238. The molecule has 1 amide bonds. The number of carbonyl (C=O) groups is 1. The summed E-state index contributed by atoms with van der Waals surface area (Å²) >= 11 is 5.76. The van der Waals surface area contributed by atoms with Crippen molar-refractivity contribution in [3.05, 3.63) is 120 Å². The molecule has 3 aromatic carbocycles. The average Bonchev–Trinajstić information content (AvgIpc) is 3.70. The largest absolute Gasteiger partial charge is 0.452 e. The highest BCUT2D eigenvalue weighted by Gasteiger charge is 2.57. The molecule has 2 aliphatic heterocycles. The summed E-state index contributed by atoms with van der Waals surface area (Å²) in [7, 11) is 0. The van der Waals surface area contributed by atoms with Gasteiger partial charge in [0.25, 0.3) is 5.17 Å². The van der Waals surface area contributed by atoms with E-state index in [1.165, 1.54) is 5.56 Å². The Morgan fingerprint density at radius 3 is 1.94 bits per heavy atom. The van der Waals surface area contributed by atoms with Crippen LogP contribution in [0.25, 0.3) is 0 Å². The molecule has 2 aliphatic rings. The summed E-state index contributed by atoms with van der Waals surface area (Å²) in [4.78, 5) is 15.4. The van der Waals surface area contributed by atoms with Crippen LogP contribution in [0.3, 0.4) is 0 Å². The Labute approximate surface area is 287 Å². The molecule has 2 heterocycles. The fraction of sp³-hybridized carbons (Fsp3) is 0.463. The number of rotatable bonds is 17. The summed E-state index contributed by atoms with van der Waals surface area (Å²) in [5, 5.41) is 0.249. The van der Waals surface area contributed by atoms with E-state index in [1.54, 1.807) is 4.90 Å². The molecule has 2 fully saturated rings. The molecule has 0 bridgehead atoms. The number of benzene rings is 3. The number of allylic oxidation sites excluding steroid dienone is 1. The zero-order chi connectivity index (χ0) is 33.0. The lowest BCUT2D eigenvalue weighted by Crippen LogP contribution is -2.49. The van der Waals surface area contributed by atoms with Crippen molar-refractivity contribution in [2.24, 2.45) is 5.92 Å². The zero-order valence-corrected chi connectivity index (χ0v) is 29.0. The third kappa shape index (κ3) is 8.78. The fourth-order valence-electron chi connectivity index (χ4n) is 7.25. The Kier molecular flexibility index (Phi) is 12.8. The van der Waals surface area contributed by atoms with Crippen molar-refractivity contribution in [1.29, 1.82) is 0 Å². The third-order valence-corrected chi connectivity index (χ3v) is 9.79. The quantitative estimate of drug-likeness (QED) is 0.0825. The molecule has 1 unspecified atom stereocenters. The van der Waals surface area contributed by atoms with Crippen molar-refractivity contribution < 1.29 is 19.0 Å². The van der Waals surface area contributed by atoms with E-state index < -0.39 is 5.60 Å². The fourth-order valence-corrected chi connectivity index (χ4v) is 7.60. The van der Waals surface area contributed by atoms with Gasteiger partial charge in [0.05, 0.1) is 19.3 Å². The Morgan fingerprint density at radius 2 is 1.34 bits per heavy atom. The van der Waals surface area contributed by atoms with E-state index in [1.807, 2.05) is 42.5 Å². The van der Waals surface area contributed by atoms with Gasteiger partial charge in [-0.3, -0.25) is 9.69 Å². The summed E-state index contributed by atoms with van der Waals surface area (Å²) in [5.41, 5.74) is 2.54. The van der Waals surface area contributed by atoms with Gasteiger partial charge in [0, 0.05) is 30.4 Å². The molecule has 0 radical (unpaired) electrons. The zero-order valence-electron chi connectivity index (χ0n) is 28.2. The molecule has 0 saturated carbocycles. The van der Waals surface area contributed by atoms with E-state index in [0.29, 0.717) is 19.6 Å². The Hall–Kier alpha value is -3.32. The summed E-state index contributed by atoms with van der Waals surface area (Å²) in [6, 6.07) is 30.8. The molecule has 0 spiro atoms. The van der Waals surface area contributed by atoms with Crippen molar-refractivity contribution in [3.8, 4) is 0 Å². The van der Waals surface area contributed by atoms with Crippen molar-refractivity contribution in [3.63, 3.8) is 0 Å². The molecule has 1 atom stereocenters. The van der Waals surface area contributed by atoms with E-state index in [2.05, 4.69) is 74.5 Å². The minimum Gasteiger partial charge on any atom is -0.452 e. The maximum Gasteiger partial charge on any atom is 0.267 e. The molecular formula is C41H51NO4S. The third-order valence-electron chi connectivity index (χ3n) is 9.51. The first-order valence-corrected chi connectivity index (χ1v) is 18.0. The molecule has 0 aliphatic carbocycles. The molecule has 5 rings (SSSR count). The van der Waals surface area contributed by atoms with Crippen molar-refractivity contribution >= 4 is 23.3 Å². The van der Waals surface area contributed by atoms with Gasteiger partial charge < -0.3 is 14.2 Å². The number of thiocarbonyl (C=S) groups is 1. The van der Waals surface area contributed by atoms with Crippen LogP contribution in [0.5, 0.6) is 0 Å². The first-order chi connectivity index (χ1) is 23.0.